The van der Waals surface area contributed by atoms with Crippen LogP contribution in [0.4, 0.5) is 14.5 Å². The molecule has 7 heteroatoms. The van der Waals surface area contributed by atoms with Crippen molar-refractivity contribution in [2.24, 2.45) is 5.73 Å². The van der Waals surface area contributed by atoms with Gasteiger partial charge < -0.3 is 16.8 Å². The maximum absolute atomic E-state index is 13.1. The van der Waals surface area contributed by atoms with Crippen LogP contribution in [-0.4, -0.2) is 18.4 Å². The Labute approximate surface area is 102 Å². The number of amides is 2. The van der Waals surface area contributed by atoms with Crippen LogP contribution in [0, 0.1) is 11.6 Å². The van der Waals surface area contributed by atoms with E-state index >= 15 is 0 Å². The van der Waals surface area contributed by atoms with Gasteiger partial charge in [0.25, 0.3) is 5.91 Å². The summed E-state index contributed by atoms with van der Waals surface area (Å²) in [5.41, 5.74) is 9.19. The number of halogens is 2. The van der Waals surface area contributed by atoms with Crippen LogP contribution in [0.5, 0.6) is 0 Å². The van der Waals surface area contributed by atoms with Gasteiger partial charge in [-0.05, 0) is 18.6 Å². The van der Waals surface area contributed by atoms with E-state index in [4.69, 9.17) is 11.5 Å². The van der Waals surface area contributed by atoms with E-state index < -0.39 is 29.1 Å². The molecule has 0 saturated heterocycles. The Bertz CT molecular complexity index is 454. The minimum atomic E-state index is -0.989. The summed E-state index contributed by atoms with van der Waals surface area (Å²) in [5, 5.41) is 2.41. The van der Waals surface area contributed by atoms with E-state index in [-0.39, 0.29) is 18.5 Å². The standard InChI is InChI=1S/C11H13F2N3O2/c12-7-4-6(5-8(13)10(7)15)11(18)16-3-1-2-9(14)17/h4-5H,1-3,15H2,(H2,14,17)(H,16,18). The molecule has 5 N–H and O–H groups in total. The highest BCUT2D eigenvalue weighted by atomic mass is 19.1. The van der Waals surface area contributed by atoms with Crippen LogP contribution in [0.25, 0.3) is 0 Å². The summed E-state index contributed by atoms with van der Waals surface area (Å²) in [6.07, 6.45) is 0.492. The normalized spacial score (nSPS) is 10.1. The van der Waals surface area contributed by atoms with Crippen LogP contribution >= 0.6 is 0 Å². The van der Waals surface area contributed by atoms with Gasteiger partial charge in [0.15, 0.2) is 0 Å². The van der Waals surface area contributed by atoms with Gasteiger partial charge in [-0.3, -0.25) is 9.59 Å². The lowest BCUT2D eigenvalue weighted by Gasteiger charge is -2.06. The molecule has 18 heavy (non-hydrogen) atoms. The van der Waals surface area contributed by atoms with Crippen molar-refractivity contribution in [1.29, 1.82) is 0 Å². The Balaban J connectivity index is 2.59. The smallest absolute Gasteiger partial charge is 0.251 e. The van der Waals surface area contributed by atoms with Crippen molar-refractivity contribution in [2.45, 2.75) is 12.8 Å². The van der Waals surface area contributed by atoms with Crippen molar-refractivity contribution in [1.82, 2.24) is 5.32 Å². The maximum atomic E-state index is 13.1. The minimum Gasteiger partial charge on any atom is -0.394 e. The van der Waals surface area contributed by atoms with Gasteiger partial charge in [-0.15, -0.1) is 0 Å². The summed E-state index contributed by atoms with van der Waals surface area (Å²) in [4.78, 5) is 21.9. The Hall–Kier alpha value is -2.18. The molecule has 0 aliphatic carbocycles. The average molecular weight is 257 g/mol. The lowest BCUT2D eigenvalue weighted by Crippen LogP contribution is -2.26. The number of nitrogen functional groups attached to an aromatic ring is 1. The second kappa shape index (κ2) is 5.95. The fraction of sp³-hybridized carbons (Fsp3) is 0.273. The Kier molecular flexibility index (Phi) is 4.59. The zero-order chi connectivity index (χ0) is 13.7. The molecule has 1 rings (SSSR count). The zero-order valence-corrected chi connectivity index (χ0v) is 9.50. The number of hydrogen-bond acceptors (Lipinski definition) is 3. The number of nitrogens with two attached hydrogens (primary N) is 2. The van der Waals surface area contributed by atoms with Crippen LogP contribution in [0.15, 0.2) is 12.1 Å². The molecule has 0 radical (unpaired) electrons. The quantitative estimate of drug-likeness (QED) is 0.530. The number of carbonyl (C=O) groups excluding carboxylic acids is 2. The molecular weight excluding hydrogens is 244 g/mol. The highest BCUT2D eigenvalue weighted by Crippen LogP contribution is 2.17. The van der Waals surface area contributed by atoms with E-state index in [1.807, 2.05) is 0 Å². The predicted molar refractivity (Wildman–Crippen MR) is 61.5 cm³/mol. The average Bonchev–Trinajstić information content (AvgIpc) is 2.30. The van der Waals surface area contributed by atoms with Gasteiger partial charge >= 0.3 is 0 Å². The first-order valence-electron chi connectivity index (χ1n) is 5.23. The largest absolute Gasteiger partial charge is 0.394 e. The molecule has 0 heterocycles. The molecule has 5 nitrogen and oxygen atoms in total. The van der Waals surface area contributed by atoms with E-state index in [1.165, 1.54) is 0 Å². The summed E-state index contributed by atoms with van der Waals surface area (Å²) in [6.45, 7) is 0.190. The molecular formula is C11H13F2N3O2. The van der Waals surface area contributed by atoms with Gasteiger partial charge in [0.1, 0.15) is 17.3 Å². The number of primary amides is 1. The van der Waals surface area contributed by atoms with Crippen molar-refractivity contribution in [3.05, 3.63) is 29.3 Å². The van der Waals surface area contributed by atoms with Crippen molar-refractivity contribution >= 4 is 17.5 Å². The third kappa shape index (κ3) is 3.69. The lowest BCUT2D eigenvalue weighted by atomic mass is 10.1. The summed E-state index contributed by atoms with van der Waals surface area (Å²) in [5.74, 6) is -3.10. The van der Waals surface area contributed by atoms with E-state index in [0.29, 0.717) is 6.42 Å². The molecule has 0 aromatic heterocycles. The summed E-state index contributed by atoms with van der Waals surface area (Å²) in [6, 6.07) is 1.70. The number of hydrogen-bond donors (Lipinski definition) is 3. The highest BCUT2D eigenvalue weighted by molar-refractivity contribution is 5.94. The molecule has 0 aliphatic rings. The van der Waals surface area contributed by atoms with Gasteiger partial charge in [-0.1, -0.05) is 0 Å². The molecule has 1 aromatic carbocycles. The van der Waals surface area contributed by atoms with Crippen molar-refractivity contribution in [3.8, 4) is 0 Å². The highest BCUT2D eigenvalue weighted by Gasteiger charge is 2.12. The molecule has 1 aromatic rings. The zero-order valence-electron chi connectivity index (χ0n) is 9.50. The Morgan fingerprint density at radius 1 is 1.22 bits per heavy atom. The number of rotatable bonds is 5. The van der Waals surface area contributed by atoms with Gasteiger partial charge in [0.05, 0.1) is 0 Å². The second-order valence-corrected chi connectivity index (χ2v) is 3.68. The molecule has 98 valence electrons. The fourth-order valence-electron chi connectivity index (χ4n) is 1.28. The summed E-state index contributed by atoms with van der Waals surface area (Å²) in [7, 11) is 0. The van der Waals surface area contributed by atoms with Gasteiger partial charge in [0.2, 0.25) is 5.91 Å². The monoisotopic (exact) mass is 257 g/mol. The van der Waals surface area contributed by atoms with Crippen molar-refractivity contribution in [2.75, 3.05) is 12.3 Å². The van der Waals surface area contributed by atoms with Crippen LogP contribution in [0.3, 0.4) is 0 Å². The summed E-state index contributed by atoms with van der Waals surface area (Å²) >= 11 is 0. The second-order valence-electron chi connectivity index (χ2n) is 3.68. The molecule has 0 atom stereocenters. The van der Waals surface area contributed by atoms with Crippen LogP contribution in [0.2, 0.25) is 0 Å². The number of nitrogens with one attached hydrogen (secondary N) is 1. The Morgan fingerprint density at radius 2 is 1.78 bits per heavy atom. The third-order valence-corrected chi connectivity index (χ3v) is 2.23. The molecule has 0 spiro atoms. The topological polar surface area (TPSA) is 98.2 Å². The number of carbonyl (C=O) groups is 2. The number of anilines is 1. The first-order valence-corrected chi connectivity index (χ1v) is 5.23. The van der Waals surface area contributed by atoms with E-state index in [0.717, 1.165) is 12.1 Å². The van der Waals surface area contributed by atoms with Gasteiger partial charge in [0, 0.05) is 18.5 Å². The third-order valence-electron chi connectivity index (χ3n) is 2.23. The SMILES string of the molecule is NC(=O)CCCNC(=O)c1cc(F)c(N)c(F)c1. The fourth-order valence-corrected chi connectivity index (χ4v) is 1.28. The van der Waals surface area contributed by atoms with Crippen LogP contribution in [-0.2, 0) is 4.79 Å². The van der Waals surface area contributed by atoms with E-state index in [1.54, 1.807) is 0 Å². The minimum absolute atomic E-state index is 0.130. The van der Waals surface area contributed by atoms with Crippen molar-refractivity contribution < 1.29 is 18.4 Å². The van der Waals surface area contributed by atoms with E-state index in [2.05, 4.69) is 5.32 Å². The van der Waals surface area contributed by atoms with Crippen LogP contribution < -0.4 is 16.8 Å². The first-order chi connectivity index (χ1) is 8.41. The molecule has 0 aliphatic heterocycles. The van der Waals surface area contributed by atoms with Crippen LogP contribution in [0.1, 0.15) is 23.2 Å². The predicted octanol–water partition coefficient (Wildman–Crippen LogP) is 0.542. The summed E-state index contributed by atoms with van der Waals surface area (Å²) < 4.78 is 26.2. The van der Waals surface area contributed by atoms with Crippen molar-refractivity contribution in [3.63, 3.8) is 0 Å². The maximum Gasteiger partial charge on any atom is 0.251 e. The van der Waals surface area contributed by atoms with E-state index in [9.17, 15) is 18.4 Å². The first kappa shape index (κ1) is 13.9. The number of benzene rings is 1. The molecule has 0 saturated carbocycles. The van der Waals surface area contributed by atoms with Gasteiger partial charge in [-0.25, -0.2) is 8.78 Å². The lowest BCUT2D eigenvalue weighted by molar-refractivity contribution is -0.118. The molecule has 2 amide bonds. The molecule has 0 bridgehead atoms. The molecule has 0 unspecified atom stereocenters. The molecule has 0 fully saturated rings. The van der Waals surface area contributed by atoms with Gasteiger partial charge in [-0.2, -0.15) is 0 Å². The Morgan fingerprint density at radius 3 is 2.28 bits per heavy atom.